The van der Waals surface area contributed by atoms with Gasteiger partial charge in [0, 0.05) is 11.8 Å². The first-order valence-corrected chi connectivity index (χ1v) is 6.99. The van der Waals surface area contributed by atoms with Gasteiger partial charge in [0.15, 0.2) is 5.82 Å². The van der Waals surface area contributed by atoms with Crippen molar-refractivity contribution in [2.24, 2.45) is 0 Å². The molecule has 1 aromatic carbocycles. The number of nitrogens with zero attached hydrogens (tertiary/aromatic N) is 1. The van der Waals surface area contributed by atoms with Crippen molar-refractivity contribution < 1.29 is 14.7 Å². The Morgan fingerprint density at radius 2 is 2.00 bits per heavy atom. The van der Waals surface area contributed by atoms with Crippen molar-refractivity contribution in [3.63, 3.8) is 0 Å². The molecule has 1 amide bonds. The fourth-order valence-corrected chi connectivity index (χ4v) is 2.08. The van der Waals surface area contributed by atoms with E-state index in [1.807, 2.05) is 30.3 Å². The van der Waals surface area contributed by atoms with Gasteiger partial charge in [0.1, 0.15) is 0 Å². The van der Waals surface area contributed by atoms with Crippen LogP contribution in [0.1, 0.15) is 0 Å². The van der Waals surface area contributed by atoms with Gasteiger partial charge in [0.05, 0.1) is 17.4 Å². The van der Waals surface area contributed by atoms with Gasteiger partial charge in [-0.3, -0.25) is 9.89 Å². The van der Waals surface area contributed by atoms with Crippen LogP contribution in [-0.4, -0.2) is 33.6 Å². The van der Waals surface area contributed by atoms with Gasteiger partial charge in [0.25, 0.3) is 0 Å². The molecule has 20 heavy (non-hydrogen) atoms. The van der Waals surface area contributed by atoms with Crippen LogP contribution in [0, 0.1) is 0 Å². The van der Waals surface area contributed by atoms with Crippen molar-refractivity contribution in [2.45, 2.75) is 0 Å². The van der Waals surface area contributed by atoms with Crippen LogP contribution in [0.25, 0.3) is 11.3 Å². The average Bonchev–Trinajstić information content (AvgIpc) is 2.88. The predicted molar refractivity (Wildman–Crippen MR) is 75.0 cm³/mol. The first-order valence-electron chi connectivity index (χ1n) is 5.83. The van der Waals surface area contributed by atoms with Gasteiger partial charge >= 0.3 is 0 Å². The van der Waals surface area contributed by atoms with Crippen molar-refractivity contribution in [3.8, 4) is 11.3 Å². The Labute approximate surface area is 119 Å². The predicted octanol–water partition coefficient (Wildman–Crippen LogP) is 0.498. The normalized spacial score (nSPS) is 10.2. The van der Waals surface area contributed by atoms with Crippen LogP contribution in [0.5, 0.6) is 0 Å². The number of aromatic amines is 1. The third-order valence-electron chi connectivity index (χ3n) is 2.38. The SMILES string of the molecule is O=C([O-])CSCC(=O)Nc1cc(-c2ccccc2)[nH]n1. The Kier molecular flexibility index (Phi) is 4.78. The molecule has 0 fully saturated rings. The third-order valence-corrected chi connectivity index (χ3v) is 3.29. The molecule has 0 unspecified atom stereocenters. The van der Waals surface area contributed by atoms with E-state index in [0.29, 0.717) is 5.82 Å². The standard InChI is InChI=1S/C13H13N3O3S/c17-12(7-20-8-13(18)19)14-11-6-10(15-16-11)9-4-2-1-3-5-9/h1-6H,7-8H2,(H,18,19)(H2,14,15,16,17)/p-1. The number of thioether (sulfide) groups is 1. The molecule has 104 valence electrons. The van der Waals surface area contributed by atoms with E-state index in [1.165, 1.54) is 0 Å². The van der Waals surface area contributed by atoms with Crippen molar-refractivity contribution in [3.05, 3.63) is 36.4 Å². The molecule has 0 saturated heterocycles. The number of carboxylic acid groups (broad SMARTS) is 1. The number of carbonyl (C=O) groups excluding carboxylic acids is 2. The second kappa shape index (κ2) is 6.76. The number of anilines is 1. The number of carbonyl (C=O) groups is 2. The summed E-state index contributed by atoms with van der Waals surface area (Å²) in [5.74, 6) is -1.25. The van der Waals surface area contributed by atoms with Crippen molar-refractivity contribution in [1.82, 2.24) is 10.2 Å². The quantitative estimate of drug-likeness (QED) is 0.807. The number of hydrogen-bond donors (Lipinski definition) is 2. The summed E-state index contributed by atoms with van der Waals surface area (Å²) in [6, 6.07) is 11.3. The lowest BCUT2D eigenvalue weighted by molar-refractivity contribution is -0.301. The molecule has 0 saturated carbocycles. The van der Waals surface area contributed by atoms with E-state index in [4.69, 9.17) is 0 Å². The molecule has 7 heteroatoms. The maximum Gasteiger partial charge on any atom is 0.235 e. The zero-order chi connectivity index (χ0) is 14.4. The highest BCUT2D eigenvalue weighted by Crippen LogP contribution is 2.19. The summed E-state index contributed by atoms with van der Waals surface area (Å²) in [7, 11) is 0. The van der Waals surface area contributed by atoms with Gasteiger partial charge in [-0.05, 0) is 5.56 Å². The van der Waals surface area contributed by atoms with Gasteiger partial charge in [-0.25, -0.2) is 0 Å². The molecule has 0 spiro atoms. The summed E-state index contributed by atoms with van der Waals surface area (Å²) >= 11 is 0.980. The average molecular weight is 290 g/mol. The number of amides is 1. The summed E-state index contributed by atoms with van der Waals surface area (Å²) in [4.78, 5) is 21.8. The molecule has 0 radical (unpaired) electrons. The van der Waals surface area contributed by atoms with E-state index in [0.717, 1.165) is 23.0 Å². The molecule has 2 aromatic rings. The fourth-order valence-electron chi connectivity index (χ4n) is 1.56. The first kappa shape index (κ1) is 14.1. The number of carboxylic acids is 1. The zero-order valence-corrected chi connectivity index (χ0v) is 11.3. The number of aliphatic carboxylic acids is 1. The van der Waals surface area contributed by atoms with Gasteiger partial charge in [-0.2, -0.15) is 5.10 Å². The second-order valence-corrected chi connectivity index (χ2v) is 4.93. The van der Waals surface area contributed by atoms with E-state index >= 15 is 0 Å². The fraction of sp³-hybridized carbons (Fsp3) is 0.154. The van der Waals surface area contributed by atoms with E-state index in [9.17, 15) is 14.7 Å². The van der Waals surface area contributed by atoms with E-state index in [1.54, 1.807) is 6.07 Å². The van der Waals surface area contributed by atoms with Crippen LogP contribution in [-0.2, 0) is 9.59 Å². The molecular weight excluding hydrogens is 278 g/mol. The number of nitrogens with one attached hydrogen (secondary N) is 2. The molecule has 2 N–H and O–H groups in total. The maximum atomic E-state index is 11.5. The molecule has 0 bridgehead atoms. The number of rotatable bonds is 6. The van der Waals surface area contributed by atoms with Gasteiger partial charge < -0.3 is 15.2 Å². The molecular formula is C13H12N3O3S-. The number of benzene rings is 1. The minimum Gasteiger partial charge on any atom is -0.549 e. The Bertz CT molecular complexity index is 598. The van der Waals surface area contributed by atoms with E-state index in [-0.39, 0.29) is 17.4 Å². The molecule has 6 nitrogen and oxygen atoms in total. The van der Waals surface area contributed by atoms with Crippen LogP contribution in [0.15, 0.2) is 36.4 Å². The summed E-state index contributed by atoms with van der Waals surface area (Å²) in [5.41, 5.74) is 1.76. The molecule has 1 heterocycles. The second-order valence-electron chi connectivity index (χ2n) is 3.95. The molecule has 0 aliphatic rings. The lowest BCUT2D eigenvalue weighted by Gasteiger charge is -2.02. The Morgan fingerprint density at radius 3 is 2.70 bits per heavy atom. The lowest BCUT2D eigenvalue weighted by atomic mass is 10.2. The summed E-state index contributed by atoms with van der Waals surface area (Å²) in [6.45, 7) is 0. The topological polar surface area (TPSA) is 97.9 Å². The van der Waals surface area contributed by atoms with E-state index in [2.05, 4.69) is 15.5 Å². The van der Waals surface area contributed by atoms with Crippen LogP contribution in [0.3, 0.4) is 0 Å². The lowest BCUT2D eigenvalue weighted by Crippen LogP contribution is -2.25. The van der Waals surface area contributed by atoms with Crippen LogP contribution < -0.4 is 10.4 Å². The molecule has 1 aromatic heterocycles. The summed E-state index contributed by atoms with van der Waals surface area (Å²) < 4.78 is 0. The zero-order valence-electron chi connectivity index (χ0n) is 10.5. The number of aromatic nitrogens is 2. The molecule has 0 atom stereocenters. The minimum absolute atomic E-state index is 0.0432. The summed E-state index contributed by atoms with van der Waals surface area (Å²) in [5, 5.41) is 19.6. The summed E-state index contributed by atoms with van der Waals surface area (Å²) in [6.07, 6.45) is 0. The maximum absolute atomic E-state index is 11.5. The molecule has 2 rings (SSSR count). The van der Waals surface area contributed by atoms with Crippen LogP contribution in [0.2, 0.25) is 0 Å². The van der Waals surface area contributed by atoms with Crippen molar-refractivity contribution in [2.75, 3.05) is 16.8 Å². The van der Waals surface area contributed by atoms with E-state index < -0.39 is 5.97 Å². The van der Waals surface area contributed by atoms with Crippen molar-refractivity contribution >= 4 is 29.5 Å². The molecule has 0 aliphatic carbocycles. The molecule has 0 aliphatic heterocycles. The largest absolute Gasteiger partial charge is 0.549 e. The van der Waals surface area contributed by atoms with Gasteiger partial charge in [-0.1, -0.05) is 30.3 Å². The Morgan fingerprint density at radius 1 is 1.25 bits per heavy atom. The number of hydrogen-bond acceptors (Lipinski definition) is 5. The number of H-pyrrole nitrogens is 1. The third kappa shape index (κ3) is 4.13. The highest BCUT2D eigenvalue weighted by Gasteiger charge is 2.07. The van der Waals surface area contributed by atoms with Gasteiger partial charge in [0.2, 0.25) is 5.91 Å². The monoisotopic (exact) mass is 290 g/mol. The highest BCUT2D eigenvalue weighted by molar-refractivity contribution is 8.00. The van der Waals surface area contributed by atoms with Crippen LogP contribution in [0.4, 0.5) is 5.82 Å². The minimum atomic E-state index is -1.19. The smallest absolute Gasteiger partial charge is 0.235 e. The van der Waals surface area contributed by atoms with Gasteiger partial charge in [-0.15, -0.1) is 11.8 Å². The Balaban J connectivity index is 1.90. The Hall–Kier alpha value is -2.28. The first-order chi connectivity index (χ1) is 9.65. The van der Waals surface area contributed by atoms with Crippen molar-refractivity contribution in [1.29, 1.82) is 0 Å². The highest BCUT2D eigenvalue weighted by atomic mass is 32.2. The van der Waals surface area contributed by atoms with Crippen LogP contribution >= 0.6 is 11.8 Å².